The molecule has 0 radical (unpaired) electrons. The lowest BCUT2D eigenvalue weighted by molar-refractivity contribution is 0.174. The third kappa shape index (κ3) is 2.17. The van der Waals surface area contributed by atoms with Crippen molar-refractivity contribution in [1.82, 2.24) is 4.98 Å². The van der Waals surface area contributed by atoms with Gasteiger partial charge in [-0.25, -0.2) is 4.98 Å². The van der Waals surface area contributed by atoms with Crippen molar-refractivity contribution in [2.45, 2.75) is 6.92 Å². The Hall–Kier alpha value is -1.11. The molecule has 0 N–H and O–H groups in total. The highest BCUT2D eigenvalue weighted by atomic mass is 79.9. The van der Waals surface area contributed by atoms with Crippen LogP contribution in [0.3, 0.4) is 0 Å². The number of benzene rings is 1. The number of aryl methyl sites for hydroxylation is 1. The average molecular weight is 427 g/mol. The minimum absolute atomic E-state index is 0.274. The molecule has 21 heavy (non-hydrogen) atoms. The summed E-state index contributed by atoms with van der Waals surface area (Å²) in [5.74, 6) is 1.54. The van der Waals surface area contributed by atoms with E-state index in [0.29, 0.717) is 0 Å². The molecule has 0 amide bonds. The van der Waals surface area contributed by atoms with E-state index in [1.54, 1.807) is 11.3 Å². The van der Waals surface area contributed by atoms with Crippen LogP contribution >= 0.6 is 43.2 Å². The maximum Gasteiger partial charge on any atom is 0.231 e. The molecule has 0 saturated carbocycles. The summed E-state index contributed by atoms with van der Waals surface area (Å²) in [6.45, 7) is 2.36. The molecule has 0 saturated heterocycles. The molecule has 0 spiro atoms. The highest BCUT2D eigenvalue weighted by Gasteiger charge is 2.19. The Labute approximate surface area is 142 Å². The summed E-state index contributed by atoms with van der Waals surface area (Å²) in [4.78, 5) is 5.93. The molecule has 0 unspecified atom stereocenters. The Morgan fingerprint density at radius 2 is 1.90 bits per heavy atom. The standard InChI is InChI=1S/C15H9Br2NO2S/c1-7-8-4-10-11(20-6-19-10)5-9(8)18-15(14(7)17)12-2-3-13(16)21-12/h2-5H,6H2,1H3. The van der Waals surface area contributed by atoms with Gasteiger partial charge >= 0.3 is 0 Å². The van der Waals surface area contributed by atoms with Crippen molar-refractivity contribution in [2.24, 2.45) is 0 Å². The first kappa shape index (κ1) is 13.5. The van der Waals surface area contributed by atoms with Gasteiger partial charge in [0.05, 0.1) is 19.9 Å². The number of fused-ring (bicyclic) bond motifs is 2. The van der Waals surface area contributed by atoms with Crippen LogP contribution in [0.1, 0.15) is 5.56 Å². The van der Waals surface area contributed by atoms with Crippen LogP contribution in [0, 0.1) is 6.92 Å². The quantitative estimate of drug-likeness (QED) is 0.512. The largest absolute Gasteiger partial charge is 0.454 e. The number of hydrogen-bond acceptors (Lipinski definition) is 4. The summed E-state index contributed by atoms with van der Waals surface area (Å²) in [6.07, 6.45) is 0. The topological polar surface area (TPSA) is 31.4 Å². The number of hydrogen-bond donors (Lipinski definition) is 0. The number of aromatic nitrogens is 1. The Morgan fingerprint density at radius 3 is 2.62 bits per heavy atom. The molecule has 0 aliphatic carbocycles. The van der Waals surface area contributed by atoms with Crippen LogP contribution in [0.4, 0.5) is 0 Å². The zero-order chi connectivity index (χ0) is 14.6. The molecule has 0 bridgehead atoms. The van der Waals surface area contributed by atoms with Crippen molar-refractivity contribution in [3.63, 3.8) is 0 Å². The maximum absolute atomic E-state index is 5.45. The molecular formula is C15H9Br2NO2S. The molecular weight excluding hydrogens is 418 g/mol. The fraction of sp³-hybridized carbons (Fsp3) is 0.133. The maximum atomic E-state index is 5.45. The van der Waals surface area contributed by atoms with Gasteiger partial charge in [0, 0.05) is 15.9 Å². The van der Waals surface area contributed by atoms with Gasteiger partial charge < -0.3 is 9.47 Å². The summed E-state index contributed by atoms with van der Waals surface area (Å²) >= 11 is 8.85. The van der Waals surface area contributed by atoms with Crippen molar-refractivity contribution in [1.29, 1.82) is 0 Å². The van der Waals surface area contributed by atoms with Crippen LogP contribution in [0.15, 0.2) is 32.5 Å². The summed E-state index contributed by atoms with van der Waals surface area (Å²) < 4.78 is 13.0. The minimum atomic E-state index is 0.274. The fourth-order valence-electron chi connectivity index (χ4n) is 2.39. The van der Waals surface area contributed by atoms with Gasteiger partial charge in [-0.3, -0.25) is 0 Å². The lowest BCUT2D eigenvalue weighted by Gasteiger charge is -2.10. The van der Waals surface area contributed by atoms with Gasteiger partial charge in [-0.2, -0.15) is 0 Å². The predicted molar refractivity (Wildman–Crippen MR) is 91.3 cm³/mol. The molecule has 3 aromatic rings. The first-order valence-electron chi connectivity index (χ1n) is 6.28. The third-order valence-corrected chi connectivity index (χ3v) is 6.07. The molecule has 3 nitrogen and oxygen atoms in total. The van der Waals surface area contributed by atoms with Gasteiger partial charge in [-0.05, 0) is 62.5 Å². The second-order valence-electron chi connectivity index (χ2n) is 4.73. The summed E-state index contributed by atoms with van der Waals surface area (Å²) in [6, 6.07) is 8.05. The summed E-state index contributed by atoms with van der Waals surface area (Å²) in [7, 11) is 0. The van der Waals surface area contributed by atoms with Crippen LogP contribution in [0.25, 0.3) is 21.5 Å². The molecule has 0 fully saturated rings. The summed E-state index contributed by atoms with van der Waals surface area (Å²) in [5, 5.41) is 1.07. The molecule has 0 atom stereocenters. The molecule has 3 heterocycles. The molecule has 2 aromatic heterocycles. The number of rotatable bonds is 1. The van der Waals surface area contributed by atoms with E-state index >= 15 is 0 Å². The number of thiophene rings is 1. The second kappa shape index (κ2) is 4.97. The highest BCUT2D eigenvalue weighted by molar-refractivity contribution is 9.11. The Morgan fingerprint density at radius 1 is 1.14 bits per heavy atom. The number of nitrogens with zero attached hydrogens (tertiary/aromatic N) is 1. The van der Waals surface area contributed by atoms with Crippen molar-refractivity contribution in [2.75, 3.05) is 6.79 Å². The van der Waals surface area contributed by atoms with E-state index in [0.717, 1.165) is 46.8 Å². The second-order valence-corrected chi connectivity index (χ2v) is 7.98. The van der Waals surface area contributed by atoms with Crippen LogP contribution in [-0.4, -0.2) is 11.8 Å². The highest BCUT2D eigenvalue weighted by Crippen LogP contribution is 2.42. The Balaban J connectivity index is 2.01. The van der Waals surface area contributed by atoms with Gasteiger partial charge in [0.1, 0.15) is 0 Å². The van der Waals surface area contributed by atoms with Gasteiger partial charge in [0.2, 0.25) is 6.79 Å². The predicted octanol–water partition coefficient (Wildman–Crippen LogP) is 5.53. The first-order valence-corrected chi connectivity index (χ1v) is 8.69. The van der Waals surface area contributed by atoms with Crippen molar-refractivity contribution >= 4 is 54.1 Å². The van der Waals surface area contributed by atoms with E-state index in [9.17, 15) is 0 Å². The average Bonchev–Trinajstić information content (AvgIpc) is 3.09. The van der Waals surface area contributed by atoms with E-state index in [1.807, 2.05) is 18.2 Å². The van der Waals surface area contributed by atoms with E-state index in [-0.39, 0.29) is 6.79 Å². The van der Waals surface area contributed by atoms with Crippen LogP contribution in [0.2, 0.25) is 0 Å². The van der Waals surface area contributed by atoms with E-state index in [4.69, 9.17) is 14.5 Å². The molecule has 1 aliphatic heterocycles. The Bertz CT molecular complexity index is 876. The van der Waals surface area contributed by atoms with Crippen LogP contribution in [-0.2, 0) is 0 Å². The normalized spacial score (nSPS) is 13.1. The zero-order valence-corrected chi connectivity index (χ0v) is 14.9. The lowest BCUT2D eigenvalue weighted by Crippen LogP contribution is -1.92. The number of halogens is 2. The van der Waals surface area contributed by atoms with Gasteiger partial charge in [0.15, 0.2) is 11.5 Å². The fourth-order valence-corrected chi connectivity index (χ4v) is 4.42. The molecule has 106 valence electrons. The lowest BCUT2D eigenvalue weighted by atomic mass is 10.1. The molecule has 4 rings (SSSR count). The monoisotopic (exact) mass is 425 g/mol. The summed E-state index contributed by atoms with van der Waals surface area (Å²) in [5.41, 5.74) is 3.02. The number of pyridine rings is 1. The van der Waals surface area contributed by atoms with Crippen molar-refractivity contribution in [3.8, 4) is 22.1 Å². The molecule has 6 heteroatoms. The Kier molecular flexibility index (Phi) is 3.20. The van der Waals surface area contributed by atoms with Gasteiger partial charge in [0.25, 0.3) is 0 Å². The van der Waals surface area contributed by atoms with Crippen LogP contribution in [0.5, 0.6) is 11.5 Å². The SMILES string of the molecule is Cc1c(Br)c(-c2ccc(Br)s2)nc2cc3c(cc12)OCO3. The first-order chi connectivity index (χ1) is 10.1. The van der Waals surface area contributed by atoms with Crippen molar-refractivity contribution in [3.05, 3.63) is 38.1 Å². The van der Waals surface area contributed by atoms with Crippen molar-refractivity contribution < 1.29 is 9.47 Å². The zero-order valence-electron chi connectivity index (χ0n) is 10.9. The third-order valence-electron chi connectivity index (χ3n) is 3.47. The smallest absolute Gasteiger partial charge is 0.231 e. The molecule has 1 aliphatic rings. The number of ether oxygens (including phenoxy) is 2. The molecule has 1 aromatic carbocycles. The van der Waals surface area contributed by atoms with E-state index in [1.165, 1.54) is 0 Å². The van der Waals surface area contributed by atoms with Crippen LogP contribution < -0.4 is 9.47 Å². The van der Waals surface area contributed by atoms with E-state index < -0.39 is 0 Å². The minimum Gasteiger partial charge on any atom is -0.454 e. The van der Waals surface area contributed by atoms with Gasteiger partial charge in [-0.15, -0.1) is 11.3 Å². The van der Waals surface area contributed by atoms with Gasteiger partial charge in [-0.1, -0.05) is 0 Å². The van der Waals surface area contributed by atoms with E-state index in [2.05, 4.69) is 44.8 Å².